The molecule has 0 radical (unpaired) electrons. The highest BCUT2D eigenvalue weighted by molar-refractivity contribution is 7.10. The van der Waals surface area contributed by atoms with Crippen molar-refractivity contribution in [1.29, 1.82) is 0 Å². The molecule has 0 aliphatic heterocycles. The zero-order valence-corrected chi connectivity index (χ0v) is 10.9. The summed E-state index contributed by atoms with van der Waals surface area (Å²) in [6, 6.07) is 1.89. The van der Waals surface area contributed by atoms with Crippen molar-refractivity contribution >= 4 is 23.2 Å². The third kappa shape index (κ3) is 2.39. The molecule has 0 bridgehead atoms. The van der Waals surface area contributed by atoms with Crippen LogP contribution in [0.15, 0.2) is 11.4 Å². The summed E-state index contributed by atoms with van der Waals surface area (Å²) in [6.07, 6.45) is 0.0917. The summed E-state index contributed by atoms with van der Waals surface area (Å²) in [5, 5.41) is 13.9. The molecule has 0 atom stereocenters. The highest BCUT2D eigenvalue weighted by atomic mass is 32.1. The Morgan fingerprint density at radius 3 is 2.72 bits per heavy atom. The van der Waals surface area contributed by atoms with E-state index in [9.17, 15) is 14.7 Å². The van der Waals surface area contributed by atoms with Crippen LogP contribution in [0.3, 0.4) is 0 Å². The molecule has 1 fully saturated rings. The molecular weight excluding hydrogens is 252 g/mol. The van der Waals surface area contributed by atoms with Gasteiger partial charge in [0.1, 0.15) is 5.54 Å². The van der Waals surface area contributed by atoms with Gasteiger partial charge in [-0.05, 0) is 23.9 Å². The molecule has 0 aromatic carbocycles. The molecule has 1 aliphatic rings. The molecule has 4 N–H and O–H groups in total. The fraction of sp³-hybridized carbons (Fsp3) is 0.500. The quantitative estimate of drug-likeness (QED) is 0.723. The van der Waals surface area contributed by atoms with Crippen molar-refractivity contribution in [3.63, 3.8) is 0 Å². The first-order chi connectivity index (χ1) is 8.43. The second kappa shape index (κ2) is 4.70. The van der Waals surface area contributed by atoms with Crippen LogP contribution in [0.5, 0.6) is 0 Å². The molecule has 2 amide bonds. The summed E-state index contributed by atoms with van der Waals surface area (Å²) in [7, 11) is 0. The fourth-order valence-corrected chi connectivity index (χ4v) is 2.92. The zero-order valence-electron chi connectivity index (χ0n) is 10.1. The van der Waals surface area contributed by atoms with Gasteiger partial charge in [0.2, 0.25) is 11.8 Å². The first kappa shape index (κ1) is 13.0. The van der Waals surface area contributed by atoms with Crippen molar-refractivity contribution in [2.24, 2.45) is 5.73 Å². The Hall–Kier alpha value is -1.40. The van der Waals surface area contributed by atoms with Crippen LogP contribution in [0, 0.1) is 6.92 Å². The van der Waals surface area contributed by atoms with Crippen molar-refractivity contribution in [1.82, 2.24) is 5.32 Å². The van der Waals surface area contributed by atoms with E-state index >= 15 is 0 Å². The van der Waals surface area contributed by atoms with Crippen molar-refractivity contribution in [2.75, 3.05) is 0 Å². The van der Waals surface area contributed by atoms with E-state index in [1.165, 1.54) is 0 Å². The number of carbonyl (C=O) groups excluding carboxylic acids is 2. The van der Waals surface area contributed by atoms with Crippen LogP contribution >= 0.6 is 11.3 Å². The lowest BCUT2D eigenvalue weighted by molar-refractivity contribution is -0.140. The number of amides is 2. The Kier molecular flexibility index (Phi) is 3.41. The topological polar surface area (TPSA) is 92.4 Å². The van der Waals surface area contributed by atoms with Crippen LogP contribution in [0.4, 0.5) is 0 Å². The third-order valence-corrected chi connectivity index (χ3v) is 4.22. The number of hydrogen-bond acceptors (Lipinski definition) is 4. The molecule has 98 valence electrons. The minimum atomic E-state index is -1.06. The van der Waals surface area contributed by atoms with Gasteiger partial charge >= 0.3 is 0 Å². The summed E-state index contributed by atoms with van der Waals surface area (Å²) in [6.45, 7) is 1.95. The van der Waals surface area contributed by atoms with Crippen LogP contribution in [0.2, 0.25) is 0 Å². The summed E-state index contributed by atoms with van der Waals surface area (Å²) in [5.74, 6) is -0.814. The number of aliphatic hydroxyl groups excluding tert-OH is 1. The SMILES string of the molecule is Cc1sccc1CC(=O)NC1(C(N)=O)CC(O)C1. The van der Waals surface area contributed by atoms with Gasteiger partial charge in [-0.25, -0.2) is 0 Å². The Morgan fingerprint density at radius 1 is 1.61 bits per heavy atom. The minimum Gasteiger partial charge on any atom is -0.393 e. The molecule has 1 aromatic rings. The predicted octanol–water partition coefficient (Wildman–Crippen LogP) is 0.0940. The number of primary amides is 1. The molecule has 1 aliphatic carbocycles. The summed E-state index contributed by atoms with van der Waals surface area (Å²) in [4.78, 5) is 24.3. The molecule has 1 saturated carbocycles. The van der Waals surface area contributed by atoms with Crippen LogP contribution in [-0.4, -0.2) is 28.6 Å². The van der Waals surface area contributed by atoms with Crippen molar-refractivity contribution in [3.05, 3.63) is 21.9 Å². The van der Waals surface area contributed by atoms with Crippen molar-refractivity contribution in [3.8, 4) is 0 Å². The first-order valence-corrected chi connectivity index (χ1v) is 6.63. The maximum absolute atomic E-state index is 11.9. The first-order valence-electron chi connectivity index (χ1n) is 5.75. The van der Waals surface area contributed by atoms with Gasteiger partial charge in [0.25, 0.3) is 0 Å². The minimum absolute atomic E-state index is 0.205. The molecule has 0 saturated heterocycles. The standard InChI is InChI=1S/C12H16N2O3S/c1-7-8(2-3-18-7)4-10(16)14-12(11(13)17)5-9(15)6-12/h2-3,9,15H,4-6H2,1H3,(H2,13,17)(H,14,16). The number of nitrogens with one attached hydrogen (secondary N) is 1. The Labute approximate surface area is 109 Å². The van der Waals surface area contributed by atoms with Crippen LogP contribution in [0.1, 0.15) is 23.3 Å². The van der Waals surface area contributed by atoms with E-state index in [1.54, 1.807) is 11.3 Å². The summed E-state index contributed by atoms with van der Waals surface area (Å²) < 4.78 is 0. The maximum Gasteiger partial charge on any atom is 0.243 e. The number of hydrogen-bond donors (Lipinski definition) is 3. The lowest BCUT2D eigenvalue weighted by Crippen LogP contribution is -2.66. The van der Waals surface area contributed by atoms with Gasteiger partial charge < -0.3 is 16.2 Å². The molecule has 0 spiro atoms. The lowest BCUT2D eigenvalue weighted by Gasteiger charge is -2.43. The van der Waals surface area contributed by atoms with Crippen LogP contribution in [-0.2, 0) is 16.0 Å². The molecule has 1 heterocycles. The molecule has 1 aromatic heterocycles. The third-order valence-electron chi connectivity index (χ3n) is 3.34. The van der Waals surface area contributed by atoms with E-state index in [0.717, 1.165) is 10.4 Å². The summed E-state index contributed by atoms with van der Waals surface area (Å²) in [5.41, 5.74) is 5.18. The van der Waals surface area contributed by atoms with Gasteiger partial charge in [0, 0.05) is 17.7 Å². The second-order valence-corrected chi connectivity index (χ2v) is 5.86. The molecular formula is C12H16N2O3S. The monoisotopic (exact) mass is 268 g/mol. The van der Waals surface area contributed by atoms with E-state index in [1.807, 2.05) is 18.4 Å². The van der Waals surface area contributed by atoms with Crippen molar-refractivity contribution < 1.29 is 14.7 Å². The molecule has 18 heavy (non-hydrogen) atoms. The van der Waals surface area contributed by atoms with E-state index in [2.05, 4.69) is 5.32 Å². The van der Waals surface area contributed by atoms with Crippen LogP contribution in [0.25, 0.3) is 0 Å². The molecule has 2 rings (SSSR count). The highest BCUT2D eigenvalue weighted by Crippen LogP contribution is 2.32. The molecule has 0 unspecified atom stereocenters. The molecule has 6 heteroatoms. The van der Waals surface area contributed by atoms with Gasteiger partial charge in [0.15, 0.2) is 0 Å². The smallest absolute Gasteiger partial charge is 0.243 e. The highest BCUT2D eigenvalue weighted by Gasteiger charge is 2.49. The Bertz CT molecular complexity index is 477. The van der Waals surface area contributed by atoms with Crippen LogP contribution < -0.4 is 11.1 Å². The van der Waals surface area contributed by atoms with Gasteiger partial charge in [-0.15, -0.1) is 11.3 Å². The number of nitrogens with two attached hydrogens (primary N) is 1. The zero-order chi connectivity index (χ0) is 13.3. The Morgan fingerprint density at radius 2 is 2.28 bits per heavy atom. The van der Waals surface area contributed by atoms with E-state index < -0.39 is 17.6 Å². The second-order valence-electron chi connectivity index (χ2n) is 4.74. The van der Waals surface area contributed by atoms with Gasteiger partial charge in [-0.2, -0.15) is 0 Å². The number of aliphatic hydroxyl groups is 1. The van der Waals surface area contributed by atoms with E-state index in [4.69, 9.17) is 5.73 Å². The molecule has 5 nitrogen and oxygen atoms in total. The van der Waals surface area contributed by atoms with Gasteiger partial charge in [-0.3, -0.25) is 9.59 Å². The van der Waals surface area contributed by atoms with Crippen molar-refractivity contribution in [2.45, 2.75) is 37.8 Å². The Balaban J connectivity index is 1.99. The average Bonchev–Trinajstić information content (AvgIpc) is 2.61. The predicted molar refractivity (Wildman–Crippen MR) is 68.1 cm³/mol. The number of thiophene rings is 1. The average molecular weight is 268 g/mol. The van der Waals surface area contributed by atoms with E-state index in [-0.39, 0.29) is 25.2 Å². The lowest BCUT2D eigenvalue weighted by atomic mass is 9.73. The normalized spacial score (nSPS) is 26.4. The van der Waals surface area contributed by atoms with Gasteiger partial charge in [0.05, 0.1) is 12.5 Å². The van der Waals surface area contributed by atoms with Gasteiger partial charge in [-0.1, -0.05) is 0 Å². The largest absolute Gasteiger partial charge is 0.393 e. The number of rotatable bonds is 4. The fourth-order valence-electron chi connectivity index (χ4n) is 2.19. The summed E-state index contributed by atoms with van der Waals surface area (Å²) >= 11 is 1.58. The van der Waals surface area contributed by atoms with E-state index in [0.29, 0.717) is 0 Å². The number of carbonyl (C=O) groups is 2. The maximum atomic E-state index is 11.9. The number of aryl methyl sites for hydroxylation is 1.